The van der Waals surface area contributed by atoms with Gasteiger partial charge < -0.3 is 24.6 Å². The molecule has 3 aliphatic heterocycles. The summed E-state index contributed by atoms with van der Waals surface area (Å²) in [5.41, 5.74) is 2.67. The lowest BCUT2D eigenvalue weighted by atomic mass is 10.1. The number of rotatable bonds is 4. The standard InChI is InChI=1S/C23H23N3O5/c1-14-4-2-5-16-21(14)26(23(29)17-6-3-9-25(17)22(16)28)12-20(27)24-11-15-7-8-18-19(10-15)31-13-30-18/h2,4-5,7-8,10,17H,3,6,9,11-13H2,1H3,(H,24,27)/t17-/m0/s1. The van der Waals surface area contributed by atoms with Gasteiger partial charge in [0.05, 0.1) is 11.3 Å². The van der Waals surface area contributed by atoms with Crippen LogP contribution < -0.4 is 19.7 Å². The second kappa shape index (κ2) is 7.61. The molecule has 0 aromatic heterocycles. The Bertz CT molecular complexity index is 1080. The van der Waals surface area contributed by atoms with Crippen molar-refractivity contribution in [2.24, 2.45) is 0 Å². The van der Waals surface area contributed by atoms with Gasteiger partial charge in [-0.25, -0.2) is 0 Å². The summed E-state index contributed by atoms with van der Waals surface area (Å²) in [5.74, 6) is 0.705. The Labute approximate surface area is 179 Å². The molecule has 2 aromatic rings. The molecule has 1 saturated heterocycles. The van der Waals surface area contributed by atoms with Gasteiger partial charge >= 0.3 is 0 Å². The van der Waals surface area contributed by atoms with Crippen LogP contribution in [0.2, 0.25) is 0 Å². The van der Waals surface area contributed by atoms with E-state index in [0.29, 0.717) is 42.3 Å². The lowest BCUT2D eigenvalue weighted by molar-refractivity contribution is -0.125. The largest absolute Gasteiger partial charge is 0.454 e. The van der Waals surface area contributed by atoms with Gasteiger partial charge in [0.1, 0.15) is 12.6 Å². The van der Waals surface area contributed by atoms with Crippen molar-refractivity contribution in [1.29, 1.82) is 0 Å². The second-order valence-electron chi connectivity index (χ2n) is 8.02. The number of nitrogens with zero attached hydrogens (tertiary/aromatic N) is 2. The van der Waals surface area contributed by atoms with Crippen LogP contribution in [0.1, 0.15) is 34.3 Å². The number of fused-ring (bicyclic) bond motifs is 3. The number of para-hydroxylation sites is 1. The van der Waals surface area contributed by atoms with Gasteiger partial charge in [0, 0.05) is 13.1 Å². The molecule has 3 amide bonds. The Kier molecular flexibility index (Phi) is 4.77. The summed E-state index contributed by atoms with van der Waals surface area (Å²) < 4.78 is 10.7. The summed E-state index contributed by atoms with van der Waals surface area (Å²) in [6.07, 6.45) is 1.40. The second-order valence-corrected chi connectivity index (χ2v) is 8.02. The summed E-state index contributed by atoms with van der Waals surface area (Å²) in [6.45, 7) is 2.77. The maximum absolute atomic E-state index is 13.3. The van der Waals surface area contributed by atoms with Gasteiger partial charge in [-0.3, -0.25) is 14.4 Å². The van der Waals surface area contributed by atoms with Crippen LogP contribution >= 0.6 is 0 Å². The van der Waals surface area contributed by atoms with Gasteiger partial charge in [0.25, 0.3) is 5.91 Å². The maximum Gasteiger partial charge on any atom is 0.256 e. The van der Waals surface area contributed by atoms with Crippen molar-refractivity contribution in [3.05, 3.63) is 53.1 Å². The van der Waals surface area contributed by atoms with E-state index in [9.17, 15) is 14.4 Å². The Morgan fingerprint density at radius 2 is 2.00 bits per heavy atom. The molecule has 1 N–H and O–H groups in total. The third-order valence-electron chi connectivity index (χ3n) is 6.03. The van der Waals surface area contributed by atoms with Gasteiger partial charge in [-0.1, -0.05) is 18.2 Å². The van der Waals surface area contributed by atoms with Crippen molar-refractivity contribution < 1.29 is 23.9 Å². The average molecular weight is 421 g/mol. The Hall–Kier alpha value is -3.55. The molecular formula is C23H23N3O5. The van der Waals surface area contributed by atoms with Crippen molar-refractivity contribution >= 4 is 23.4 Å². The lowest BCUT2D eigenvalue weighted by Gasteiger charge is -2.26. The number of amides is 3. The number of aryl methyl sites for hydroxylation is 1. The molecule has 0 spiro atoms. The summed E-state index contributed by atoms with van der Waals surface area (Å²) in [6, 6.07) is 10.4. The number of benzene rings is 2. The van der Waals surface area contributed by atoms with Crippen LogP contribution in [0.4, 0.5) is 5.69 Å². The zero-order valence-electron chi connectivity index (χ0n) is 17.2. The zero-order chi connectivity index (χ0) is 21.5. The summed E-state index contributed by atoms with van der Waals surface area (Å²) in [4.78, 5) is 42.4. The number of carbonyl (C=O) groups excluding carboxylic acids is 3. The number of carbonyl (C=O) groups is 3. The minimum absolute atomic E-state index is 0.140. The van der Waals surface area contributed by atoms with E-state index in [2.05, 4.69) is 5.32 Å². The molecule has 1 atom stereocenters. The number of hydrogen-bond acceptors (Lipinski definition) is 5. The smallest absolute Gasteiger partial charge is 0.256 e. The highest BCUT2D eigenvalue weighted by Crippen LogP contribution is 2.35. The first-order chi connectivity index (χ1) is 15.0. The summed E-state index contributed by atoms with van der Waals surface area (Å²) in [5, 5.41) is 2.87. The van der Waals surface area contributed by atoms with Gasteiger partial charge in [-0.05, 0) is 49.1 Å². The first kappa shape index (κ1) is 19.4. The van der Waals surface area contributed by atoms with Crippen LogP contribution in [0, 0.1) is 6.92 Å². The molecule has 31 heavy (non-hydrogen) atoms. The van der Waals surface area contributed by atoms with Crippen molar-refractivity contribution in [1.82, 2.24) is 10.2 Å². The molecule has 5 rings (SSSR count). The monoisotopic (exact) mass is 421 g/mol. The lowest BCUT2D eigenvalue weighted by Crippen LogP contribution is -2.48. The highest BCUT2D eigenvalue weighted by Gasteiger charge is 2.42. The molecule has 3 aliphatic rings. The van der Waals surface area contributed by atoms with Crippen LogP contribution in [0.25, 0.3) is 0 Å². The molecule has 8 heteroatoms. The Morgan fingerprint density at radius 3 is 2.87 bits per heavy atom. The third kappa shape index (κ3) is 3.37. The van der Waals surface area contributed by atoms with E-state index in [1.165, 1.54) is 4.90 Å². The van der Waals surface area contributed by atoms with Gasteiger partial charge in [-0.2, -0.15) is 0 Å². The van der Waals surface area contributed by atoms with Crippen LogP contribution in [0.15, 0.2) is 36.4 Å². The molecule has 1 fully saturated rings. The molecule has 0 aliphatic carbocycles. The molecule has 2 aromatic carbocycles. The Balaban J connectivity index is 1.37. The van der Waals surface area contributed by atoms with Crippen molar-refractivity contribution in [3.63, 3.8) is 0 Å². The SMILES string of the molecule is Cc1cccc2c1N(CC(=O)NCc1ccc3c(c1)OCO3)C(=O)[C@@H]1CCCN1C2=O. The highest BCUT2D eigenvalue weighted by molar-refractivity contribution is 6.13. The van der Waals surface area contributed by atoms with E-state index in [0.717, 1.165) is 17.5 Å². The molecule has 160 valence electrons. The maximum atomic E-state index is 13.3. The van der Waals surface area contributed by atoms with Crippen molar-refractivity contribution in [2.75, 3.05) is 24.8 Å². The van der Waals surface area contributed by atoms with Crippen LogP contribution in [0.3, 0.4) is 0 Å². The molecule has 0 radical (unpaired) electrons. The molecule has 0 bridgehead atoms. The number of ether oxygens (including phenoxy) is 2. The predicted molar refractivity (Wildman–Crippen MR) is 112 cm³/mol. The fourth-order valence-corrected chi connectivity index (χ4v) is 4.51. The quantitative estimate of drug-likeness (QED) is 0.816. The van der Waals surface area contributed by atoms with Gasteiger partial charge in [-0.15, -0.1) is 0 Å². The van der Waals surface area contributed by atoms with Gasteiger partial charge in [0.15, 0.2) is 11.5 Å². The van der Waals surface area contributed by atoms with Crippen LogP contribution in [0.5, 0.6) is 11.5 Å². The average Bonchev–Trinajstić information content (AvgIpc) is 3.42. The number of anilines is 1. The Morgan fingerprint density at radius 1 is 1.16 bits per heavy atom. The van der Waals surface area contributed by atoms with Crippen molar-refractivity contribution in [2.45, 2.75) is 32.4 Å². The van der Waals surface area contributed by atoms with E-state index >= 15 is 0 Å². The first-order valence-corrected chi connectivity index (χ1v) is 10.4. The minimum Gasteiger partial charge on any atom is -0.454 e. The topological polar surface area (TPSA) is 88.2 Å². The molecule has 0 saturated carbocycles. The summed E-state index contributed by atoms with van der Waals surface area (Å²) in [7, 11) is 0. The van der Waals surface area contributed by atoms with E-state index in [1.807, 2.05) is 37.3 Å². The molecular weight excluding hydrogens is 398 g/mol. The predicted octanol–water partition coefficient (Wildman–Crippen LogP) is 1.99. The van der Waals surface area contributed by atoms with Crippen LogP contribution in [-0.4, -0.2) is 48.5 Å². The highest BCUT2D eigenvalue weighted by atomic mass is 16.7. The minimum atomic E-state index is -0.513. The van der Waals surface area contributed by atoms with E-state index in [4.69, 9.17) is 9.47 Å². The first-order valence-electron chi connectivity index (χ1n) is 10.4. The van der Waals surface area contributed by atoms with Gasteiger partial charge in [0.2, 0.25) is 18.6 Å². The normalized spacial score (nSPS) is 19.2. The van der Waals surface area contributed by atoms with E-state index in [1.54, 1.807) is 11.0 Å². The summed E-state index contributed by atoms with van der Waals surface area (Å²) >= 11 is 0. The van der Waals surface area contributed by atoms with Crippen LogP contribution in [-0.2, 0) is 16.1 Å². The van der Waals surface area contributed by atoms with E-state index < -0.39 is 6.04 Å². The number of hydrogen-bond donors (Lipinski definition) is 1. The fourth-order valence-electron chi connectivity index (χ4n) is 4.51. The molecule has 8 nitrogen and oxygen atoms in total. The van der Waals surface area contributed by atoms with Crippen molar-refractivity contribution in [3.8, 4) is 11.5 Å². The zero-order valence-corrected chi connectivity index (χ0v) is 17.2. The van der Waals surface area contributed by atoms with E-state index in [-0.39, 0.29) is 31.1 Å². The number of nitrogens with one attached hydrogen (secondary N) is 1. The molecule has 3 heterocycles. The third-order valence-corrected chi connectivity index (χ3v) is 6.03. The fraction of sp³-hybridized carbons (Fsp3) is 0.348. The molecule has 0 unspecified atom stereocenters.